The number of anilines is 2. The Morgan fingerprint density at radius 2 is 1.55 bits per heavy atom. The predicted molar refractivity (Wildman–Crippen MR) is 120 cm³/mol. The Kier molecular flexibility index (Phi) is 5.75. The van der Waals surface area contributed by atoms with Gasteiger partial charge in [-0.15, -0.1) is 0 Å². The van der Waals surface area contributed by atoms with Crippen LogP contribution in [0.1, 0.15) is 19.8 Å². The van der Waals surface area contributed by atoms with Crippen molar-refractivity contribution < 1.29 is 18.0 Å². The molecular weight excluding hydrogens is 414 g/mol. The van der Waals surface area contributed by atoms with Crippen molar-refractivity contribution in [3.05, 3.63) is 66.7 Å². The molecular formula is C23H23N3O4S. The van der Waals surface area contributed by atoms with Crippen LogP contribution in [0.2, 0.25) is 0 Å². The van der Waals surface area contributed by atoms with Gasteiger partial charge in [0.15, 0.2) is 0 Å². The molecule has 1 saturated heterocycles. The number of hydrogen-bond donors (Lipinski definition) is 2. The van der Waals surface area contributed by atoms with Crippen LogP contribution in [0.5, 0.6) is 0 Å². The Labute approximate surface area is 181 Å². The molecule has 7 nitrogen and oxygen atoms in total. The van der Waals surface area contributed by atoms with E-state index in [0.717, 1.165) is 10.8 Å². The minimum atomic E-state index is -3.81. The molecule has 1 fully saturated rings. The van der Waals surface area contributed by atoms with Crippen LogP contribution in [-0.4, -0.2) is 37.1 Å². The lowest BCUT2D eigenvalue weighted by atomic mass is 10.1. The van der Waals surface area contributed by atoms with Crippen molar-refractivity contribution in [1.29, 1.82) is 0 Å². The zero-order valence-corrected chi connectivity index (χ0v) is 17.9. The van der Waals surface area contributed by atoms with Gasteiger partial charge in [-0.25, -0.2) is 8.42 Å². The van der Waals surface area contributed by atoms with E-state index in [4.69, 9.17) is 0 Å². The second-order valence-corrected chi connectivity index (χ2v) is 9.42. The lowest BCUT2D eigenvalue weighted by molar-refractivity contribution is -0.119. The zero-order chi connectivity index (χ0) is 22.0. The van der Waals surface area contributed by atoms with Crippen molar-refractivity contribution >= 4 is 44.0 Å². The van der Waals surface area contributed by atoms with E-state index in [1.807, 2.05) is 24.3 Å². The summed E-state index contributed by atoms with van der Waals surface area (Å²) in [4.78, 5) is 24.2. The largest absolute Gasteiger partial charge is 0.326 e. The zero-order valence-electron chi connectivity index (χ0n) is 17.0. The number of nitrogens with zero attached hydrogens (tertiary/aromatic N) is 1. The smallest absolute Gasteiger partial charge is 0.243 e. The second-order valence-electron chi connectivity index (χ2n) is 7.53. The third-order valence-corrected chi connectivity index (χ3v) is 7.21. The summed E-state index contributed by atoms with van der Waals surface area (Å²) in [5.74, 6) is -0.550. The van der Waals surface area contributed by atoms with Crippen LogP contribution >= 0.6 is 0 Å². The molecule has 0 spiro atoms. The van der Waals surface area contributed by atoms with Gasteiger partial charge in [-0.3, -0.25) is 9.59 Å². The normalized spacial score (nSPS) is 16.9. The summed E-state index contributed by atoms with van der Waals surface area (Å²) in [6, 6.07) is 18.5. The van der Waals surface area contributed by atoms with Crippen LogP contribution in [-0.2, 0) is 19.6 Å². The topological polar surface area (TPSA) is 95.6 Å². The number of carbonyl (C=O) groups excluding carboxylic acids is 2. The van der Waals surface area contributed by atoms with Gasteiger partial charge in [0.1, 0.15) is 6.04 Å². The average Bonchev–Trinajstić information content (AvgIpc) is 3.25. The quantitative estimate of drug-likeness (QED) is 0.638. The highest BCUT2D eigenvalue weighted by Crippen LogP contribution is 2.29. The molecule has 160 valence electrons. The summed E-state index contributed by atoms with van der Waals surface area (Å²) in [5, 5.41) is 7.24. The first-order valence-corrected chi connectivity index (χ1v) is 11.5. The van der Waals surface area contributed by atoms with Crippen LogP contribution in [0.4, 0.5) is 11.4 Å². The van der Waals surface area contributed by atoms with Gasteiger partial charge in [-0.2, -0.15) is 4.31 Å². The Hall–Kier alpha value is -3.23. The number of rotatable bonds is 5. The Bertz CT molecular complexity index is 1240. The van der Waals surface area contributed by atoms with Gasteiger partial charge in [-0.1, -0.05) is 30.3 Å². The third-order valence-electron chi connectivity index (χ3n) is 5.31. The fourth-order valence-electron chi connectivity index (χ4n) is 3.82. The maximum Gasteiger partial charge on any atom is 0.243 e. The van der Waals surface area contributed by atoms with E-state index in [1.54, 1.807) is 42.5 Å². The number of nitrogens with one attached hydrogen (secondary N) is 2. The van der Waals surface area contributed by atoms with E-state index in [-0.39, 0.29) is 16.7 Å². The highest BCUT2D eigenvalue weighted by Gasteiger charge is 2.39. The van der Waals surface area contributed by atoms with Crippen molar-refractivity contribution in [3.8, 4) is 0 Å². The number of amides is 2. The first kappa shape index (κ1) is 21.0. The van der Waals surface area contributed by atoms with E-state index in [1.165, 1.54) is 11.2 Å². The van der Waals surface area contributed by atoms with Gasteiger partial charge >= 0.3 is 0 Å². The monoisotopic (exact) mass is 437 g/mol. The minimum Gasteiger partial charge on any atom is -0.326 e. The Morgan fingerprint density at radius 1 is 0.903 bits per heavy atom. The molecule has 0 saturated carbocycles. The van der Waals surface area contributed by atoms with Crippen LogP contribution < -0.4 is 10.6 Å². The molecule has 0 unspecified atom stereocenters. The third kappa shape index (κ3) is 4.45. The molecule has 1 aliphatic heterocycles. The Balaban J connectivity index is 1.53. The molecule has 1 aliphatic rings. The molecule has 2 N–H and O–H groups in total. The van der Waals surface area contributed by atoms with Gasteiger partial charge in [0.25, 0.3) is 0 Å². The number of hydrogen-bond acceptors (Lipinski definition) is 4. The standard InChI is InChI=1S/C23H23N3O4S/c1-16(27)24-19-9-11-20(12-10-19)25-23(28)22-7-4-14-26(22)31(29,30)21-13-8-17-5-2-3-6-18(17)15-21/h2-3,5-6,8-13,15,22H,4,7,14H2,1H3,(H,24,27)(H,25,28)/t22-/m1/s1. The van der Waals surface area contributed by atoms with Gasteiger partial charge in [0, 0.05) is 24.8 Å². The fraction of sp³-hybridized carbons (Fsp3) is 0.217. The molecule has 0 radical (unpaired) electrons. The predicted octanol–water partition coefficient (Wildman–Crippen LogP) is 3.59. The van der Waals surface area contributed by atoms with Crippen molar-refractivity contribution in [2.45, 2.75) is 30.7 Å². The van der Waals surface area contributed by atoms with Crippen LogP contribution in [0.15, 0.2) is 71.6 Å². The molecule has 1 atom stereocenters. The molecule has 0 bridgehead atoms. The molecule has 8 heteroatoms. The van der Waals surface area contributed by atoms with Crippen LogP contribution in [0, 0.1) is 0 Å². The summed E-state index contributed by atoms with van der Waals surface area (Å²) in [7, 11) is -3.81. The number of benzene rings is 3. The van der Waals surface area contributed by atoms with Crippen molar-refractivity contribution in [2.75, 3.05) is 17.2 Å². The summed E-state index contributed by atoms with van der Waals surface area (Å²) in [5.41, 5.74) is 1.15. The van der Waals surface area contributed by atoms with E-state index in [9.17, 15) is 18.0 Å². The van der Waals surface area contributed by atoms with Gasteiger partial charge in [0.05, 0.1) is 4.90 Å². The first-order chi connectivity index (χ1) is 14.8. The van der Waals surface area contributed by atoms with E-state index < -0.39 is 16.1 Å². The SMILES string of the molecule is CC(=O)Nc1ccc(NC(=O)[C@H]2CCCN2S(=O)(=O)c2ccc3ccccc3c2)cc1. The maximum atomic E-state index is 13.3. The summed E-state index contributed by atoms with van der Waals surface area (Å²) in [6.45, 7) is 1.72. The minimum absolute atomic E-state index is 0.183. The van der Waals surface area contributed by atoms with Crippen molar-refractivity contribution in [3.63, 3.8) is 0 Å². The highest BCUT2D eigenvalue weighted by atomic mass is 32.2. The van der Waals surface area contributed by atoms with Gasteiger partial charge in [0.2, 0.25) is 21.8 Å². The molecule has 3 aromatic carbocycles. The van der Waals surface area contributed by atoms with Crippen LogP contribution in [0.3, 0.4) is 0 Å². The molecule has 3 aromatic rings. The van der Waals surface area contributed by atoms with Crippen molar-refractivity contribution in [1.82, 2.24) is 4.31 Å². The summed E-state index contributed by atoms with van der Waals surface area (Å²) in [6.07, 6.45) is 1.08. The second kappa shape index (κ2) is 8.49. The molecule has 1 heterocycles. The maximum absolute atomic E-state index is 13.3. The van der Waals surface area contributed by atoms with Crippen molar-refractivity contribution in [2.24, 2.45) is 0 Å². The molecule has 2 amide bonds. The number of carbonyl (C=O) groups is 2. The van der Waals surface area contributed by atoms with E-state index >= 15 is 0 Å². The average molecular weight is 438 g/mol. The molecule has 0 aliphatic carbocycles. The molecule has 0 aromatic heterocycles. The number of fused-ring (bicyclic) bond motifs is 1. The number of sulfonamides is 1. The molecule has 31 heavy (non-hydrogen) atoms. The molecule has 4 rings (SSSR count). The Morgan fingerprint density at radius 3 is 2.23 bits per heavy atom. The summed E-state index contributed by atoms with van der Waals surface area (Å²) < 4.78 is 27.9. The van der Waals surface area contributed by atoms with Gasteiger partial charge in [-0.05, 0) is 60.0 Å². The summed E-state index contributed by atoms with van der Waals surface area (Å²) >= 11 is 0. The highest BCUT2D eigenvalue weighted by molar-refractivity contribution is 7.89. The van der Waals surface area contributed by atoms with Crippen LogP contribution in [0.25, 0.3) is 10.8 Å². The van der Waals surface area contributed by atoms with Gasteiger partial charge < -0.3 is 10.6 Å². The lowest BCUT2D eigenvalue weighted by Crippen LogP contribution is -2.43. The lowest BCUT2D eigenvalue weighted by Gasteiger charge is -2.23. The fourth-order valence-corrected chi connectivity index (χ4v) is 5.51. The first-order valence-electron chi connectivity index (χ1n) is 10.0. The van der Waals surface area contributed by atoms with E-state index in [0.29, 0.717) is 30.8 Å². The van der Waals surface area contributed by atoms with E-state index in [2.05, 4.69) is 10.6 Å².